The fraction of sp³-hybridized carbons (Fsp3) is 0.474. The molecule has 5 nitrogen and oxygen atoms in total. The van der Waals surface area contributed by atoms with Crippen molar-refractivity contribution in [1.29, 1.82) is 0 Å². The first-order valence-electron chi connectivity index (χ1n) is 8.65. The predicted molar refractivity (Wildman–Crippen MR) is 114 cm³/mol. The molecule has 6 heteroatoms. The number of guanidine groups is 1. The summed E-state index contributed by atoms with van der Waals surface area (Å²) in [6.45, 7) is 5.10. The van der Waals surface area contributed by atoms with Crippen LogP contribution in [0.1, 0.15) is 29.0 Å². The third kappa shape index (κ3) is 5.20. The summed E-state index contributed by atoms with van der Waals surface area (Å²) in [5, 5.41) is 7.81. The van der Waals surface area contributed by atoms with Crippen LogP contribution in [-0.2, 0) is 13.5 Å². The van der Waals surface area contributed by atoms with Crippen LogP contribution in [0.15, 0.2) is 41.7 Å². The average molecular weight is 453 g/mol. The lowest BCUT2D eigenvalue weighted by atomic mass is 10.0. The van der Waals surface area contributed by atoms with Gasteiger partial charge in [-0.3, -0.25) is 9.67 Å². The quantitative estimate of drug-likeness (QED) is 0.440. The molecule has 2 aromatic rings. The smallest absolute Gasteiger partial charge is 0.193 e. The molecule has 0 aliphatic carbocycles. The lowest BCUT2D eigenvalue weighted by Crippen LogP contribution is -2.40. The van der Waals surface area contributed by atoms with Crippen LogP contribution >= 0.6 is 24.0 Å². The van der Waals surface area contributed by atoms with E-state index in [9.17, 15) is 0 Å². The van der Waals surface area contributed by atoms with E-state index >= 15 is 0 Å². The van der Waals surface area contributed by atoms with Crippen LogP contribution in [0.4, 0.5) is 0 Å². The molecule has 2 heterocycles. The maximum absolute atomic E-state index is 4.46. The Hall–Kier alpha value is -1.57. The number of halogens is 1. The largest absolute Gasteiger partial charge is 0.356 e. The Balaban J connectivity index is 0.00000225. The van der Waals surface area contributed by atoms with Crippen LogP contribution < -0.4 is 5.32 Å². The predicted octanol–water partition coefficient (Wildman–Crippen LogP) is 2.95. The first kappa shape index (κ1) is 19.8. The second-order valence-corrected chi connectivity index (χ2v) is 6.59. The maximum atomic E-state index is 4.46. The summed E-state index contributed by atoms with van der Waals surface area (Å²) in [4.78, 5) is 6.82. The molecular weight excluding hydrogens is 425 g/mol. The molecule has 1 atom stereocenters. The van der Waals surface area contributed by atoms with Gasteiger partial charge in [0.05, 0.1) is 6.20 Å². The molecule has 136 valence electrons. The third-order valence-electron chi connectivity index (χ3n) is 4.68. The average Bonchev–Trinajstić information content (AvgIpc) is 3.20. The number of likely N-dealkylation sites (tertiary alicyclic amines) is 1. The summed E-state index contributed by atoms with van der Waals surface area (Å²) in [7, 11) is 3.84. The van der Waals surface area contributed by atoms with Crippen LogP contribution in [0.25, 0.3) is 0 Å². The van der Waals surface area contributed by atoms with E-state index in [4.69, 9.17) is 0 Å². The van der Waals surface area contributed by atoms with Gasteiger partial charge in [-0.25, -0.2) is 0 Å². The van der Waals surface area contributed by atoms with Gasteiger partial charge in [0, 0.05) is 45.8 Å². The van der Waals surface area contributed by atoms with Crippen molar-refractivity contribution in [2.24, 2.45) is 12.0 Å². The van der Waals surface area contributed by atoms with Crippen molar-refractivity contribution in [1.82, 2.24) is 20.0 Å². The minimum absolute atomic E-state index is 0. The van der Waals surface area contributed by atoms with Gasteiger partial charge < -0.3 is 10.2 Å². The highest BCUT2D eigenvalue weighted by molar-refractivity contribution is 14.0. The number of hydrogen-bond donors (Lipinski definition) is 1. The van der Waals surface area contributed by atoms with E-state index in [1.807, 2.05) is 25.0 Å². The van der Waals surface area contributed by atoms with Crippen molar-refractivity contribution in [3.05, 3.63) is 53.3 Å². The van der Waals surface area contributed by atoms with Gasteiger partial charge in [0.15, 0.2) is 5.96 Å². The first-order valence-corrected chi connectivity index (χ1v) is 8.65. The van der Waals surface area contributed by atoms with Gasteiger partial charge >= 0.3 is 0 Å². The number of aliphatic imine (C=N–C) groups is 1. The van der Waals surface area contributed by atoms with Crippen LogP contribution in [0.2, 0.25) is 0 Å². The fourth-order valence-corrected chi connectivity index (χ4v) is 3.39. The molecule has 1 unspecified atom stereocenters. The summed E-state index contributed by atoms with van der Waals surface area (Å²) in [5.74, 6) is 1.56. The van der Waals surface area contributed by atoms with Crippen molar-refractivity contribution in [3.63, 3.8) is 0 Å². The van der Waals surface area contributed by atoms with Gasteiger partial charge in [-0.2, -0.15) is 5.10 Å². The number of nitrogens with zero attached hydrogens (tertiary/aromatic N) is 4. The number of benzene rings is 1. The van der Waals surface area contributed by atoms with E-state index in [-0.39, 0.29) is 24.0 Å². The lowest BCUT2D eigenvalue weighted by molar-refractivity contribution is 0.486. The number of nitrogens with one attached hydrogen (secondary N) is 1. The van der Waals surface area contributed by atoms with E-state index in [1.165, 1.54) is 16.7 Å². The molecule has 25 heavy (non-hydrogen) atoms. The van der Waals surface area contributed by atoms with Crippen molar-refractivity contribution in [2.75, 3.05) is 26.7 Å². The SMILES string of the molecule is CN=C(NCCc1cccc(C)c1)N1CCC(c2cnn(C)c2)C1.I. The highest BCUT2D eigenvalue weighted by atomic mass is 127. The molecule has 1 aliphatic heterocycles. The minimum atomic E-state index is 0. The number of rotatable bonds is 4. The van der Waals surface area contributed by atoms with Gasteiger partial charge in [-0.15, -0.1) is 24.0 Å². The Morgan fingerprint density at radius 1 is 1.40 bits per heavy atom. The van der Waals surface area contributed by atoms with Crippen LogP contribution in [0.3, 0.4) is 0 Å². The molecule has 1 aromatic carbocycles. The van der Waals surface area contributed by atoms with Crippen LogP contribution in [0, 0.1) is 6.92 Å². The van der Waals surface area contributed by atoms with Crippen molar-refractivity contribution >= 4 is 29.9 Å². The van der Waals surface area contributed by atoms with Gasteiger partial charge in [-0.05, 0) is 30.9 Å². The topological polar surface area (TPSA) is 45.5 Å². The molecule has 3 rings (SSSR count). The van der Waals surface area contributed by atoms with E-state index in [1.54, 1.807) is 0 Å². The molecule has 0 bridgehead atoms. The summed E-state index contributed by atoms with van der Waals surface area (Å²) in [5.41, 5.74) is 4.01. The Morgan fingerprint density at radius 2 is 2.24 bits per heavy atom. The highest BCUT2D eigenvalue weighted by Gasteiger charge is 2.26. The summed E-state index contributed by atoms with van der Waals surface area (Å²) in [6, 6.07) is 8.70. The van der Waals surface area contributed by atoms with E-state index in [0.717, 1.165) is 38.4 Å². The molecule has 0 radical (unpaired) electrons. The Kier molecular flexibility index (Phi) is 7.28. The molecule has 1 fully saturated rings. The number of aromatic nitrogens is 2. The highest BCUT2D eigenvalue weighted by Crippen LogP contribution is 2.26. The van der Waals surface area contributed by atoms with E-state index in [0.29, 0.717) is 5.92 Å². The Morgan fingerprint density at radius 3 is 2.92 bits per heavy atom. The summed E-state index contributed by atoms with van der Waals surface area (Å²) in [6.07, 6.45) is 6.29. The summed E-state index contributed by atoms with van der Waals surface area (Å²) < 4.78 is 1.88. The second-order valence-electron chi connectivity index (χ2n) is 6.59. The molecule has 0 amide bonds. The third-order valence-corrected chi connectivity index (χ3v) is 4.68. The minimum Gasteiger partial charge on any atom is -0.356 e. The normalized spacial score (nSPS) is 17.5. The molecule has 1 aliphatic rings. The standard InChI is InChI=1S/C19H27N5.HI/c1-15-5-4-6-16(11-15)7-9-21-19(20-2)24-10-8-17(14-24)18-12-22-23(3)13-18;/h4-6,11-13,17H,7-10,14H2,1-3H3,(H,20,21);1H. The Bertz CT molecular complexity index is 709. The van der Waals surface area contributed by atoms with Gasteiger partial charge in [0.1, 0.15) is 0 Å². The Labute approximate surface area is 167 Å². The van der Waals surface area contributed by atoms with Crippen molar-refractivity contribution in [2.45, 2.75) is 25.7 Å². The zero-order valence-electron chi connectivity index (χ0n) is 15.3. The van der Waals surface area contributed by atoms with E-state index in [2.05, 4.69) is 57.7 Å². The van der Waals surface area contributed by atoms with Crippen LogP contribution in [0.5, 0.6) is 0 Å². The van der Waals surface area contributed by atoms with Crippen LogP contribution in [-0.4, -0.2) is 47.3 Å². The zero-order valence-corrected chi connectivity index (χ0v) is 17.6. The van der Waals surface area contributed by atoms with Crippen molar-refractivity contribution < 1.29 is 0 Å². The molecule has 1 N–H and O–H groups in total. The molecule has 1 saturated heterocycles. The van der Waals surface area contributed by atoms with E-state index < -0.39 is 0 Å². The maximum Gasteiger partial charge on any atom is 0.193 e. The fourth-order valence-electron chi connectivity index (χ4n) is 3.39. The zero-order chi connectivity index (χ0) is 16.9. The first-order chi connectivity index (χ1) is 11.7. The van der Waals surface area contributed by atoms with Crippen molar-refractivity contribution in [3.8, 4) is 0 Å². The monoisotopic (exact) mass is 453 g/mol. The second kappa shape index (κ2) is 9.22. The van der Waals surface area contributed by atoms with Gasteiger partial charge in [-0.1, -0.05) is 29.8 Å². The lowest BCUT2D eigenvalue weighted by Gasteiger charge is -2.21. The number of hydrogen-bond acceptors (Lipinski definition) is 2. The van der Waals surface area contributed by atoms with Gasteiger partial charge in [0.2, 0.25) is 0 Å². The molecule has 1 aromatic heterocycles. The molecule has 0 spiro atoms. The number of aryl methyl sites for hydroxylation is 2. The van der Waals surface area contributed by atoms with Gasteiger partial charge in [0.25, 0.3) is 0 Å². The molecular formula is C19H28IN5. The summed E-state index contributed by atoms with van der Waals surface area (Å²) >= 11 is 0. The molecule has 0 saturated carbocycles.